The number of hydrogen-bond acceptors (Lipinski definition) is 4. The number of rotatable bonds is 6. The summed E-state index contributed by atoms with van der Waals surface area (Å²) in [7, 11) is 0. The number of thioether (sulfide) groups is 1. The average molecular weight is 475 g/mol. The monoisotopic (exact) mass is 474 g/mol. The lowest BCUT2D eigenvalue weighted by molar-refractivity contribution is -0.137. The van der Waals surface area contributed by atoms with Gasteiger partial charge in [0, 0.05) is 17.1 Å². The van der Waals surface area contributed by atoms with Crippen LogP contribution in [0.25, 0.3) is 17.1 Å². The van der Waals surface area contributed by atoms with Crippen molar-refractivity contribution < 1.29 is 18.0 Å². The van der Waals surface area contributed by atoms with Gasteiger partial charge in [-0.05, 0) is 37.3 Å². The molecule has 0 aliphatic heterocycles. The van der Waals surface area contributed by atoms with Gasteiger partial charge in [-0.15, -0.1) is 10.2 Å². The number of benzene rings is 2. The number of amides is 1. The minimum atomic E-state index is -4.63. The van der Waals surface area contributed by atoms with E-state index in [4.69, 9.17) is 23.2 Å². The van der Waals surface area contributed by atoms with Crippen molar-refractivity contribution in [2.75, 3.05) is 12.3 Å². The molecule has 0 saturated carbocycles. The number of halogens is 5. The van der Waals surface area contributed by atoms with Gasteiger partial charge in [0.05, 0.1) is 22.0 Å². The lowest BCUT2D eigenvalue weighted by Gasteiger charge is -2.14. The van der Waals surface area contributed by atoms with Gasteiger partial charge in [-0.3, -0.25) is 9.36 Å². The van der Waals surface area contributed by atoms with Crippen molar-refractivity contribution in [3.05, 3.63) is 58.1 Å². The predicted molar refractivity (Wildman–Crippen MR) is 111 cm³/mol. The third-order valence-electron chi connectivity index (χ3n) is 3.94. The molecule has 1 heterocycles. The van der Waals surface area contributed by atoms with E-state index in [1.165, 1.54) is 16.7 Å². The summed E-state index contributed by atoms with van der Waals surface area (Å²) in [4.78, 5) is 11.8. The fourth-order valence-electron chi connectivity index (χ4n) is 2.66. The van der Waals surface area contributed by atoms with Crippen LogP contribution in [0.1, 0.15) is 12.5 Å². The second-order valence-electron chi connectivity index (χ2n) is 6.06. The number of hydrogen-bond donors (Lipinski definition) is 1. The van der Waals surface area contributed by atoms with Gasteiger partial charge in [-0.1, -0.05) is 47.1 Å². The van der Waals surface area contributed by atoms with E-state index >= 15 is 0 Å². The topological polar surface area (TPSA) is 59.8 Å². The summed E-state index contributed by atoms with van der Waals surface area (Å²) in [5.74, 6) is 0.0844. The van der Waals surface area contributed by atoms with Gasteiger partial charge in [0.1, 0.15) is 0 Å². The Morgan fingerprint density at radius 2 is 1.93 bits per heavy atom. The van der Waals surface area contributed by atoms with Gasteiger partial charge in [0.15, 0.2) is 11.0 Å². The average Bonchev–Trinajstić information content (AvgIpc) is 3.10. The number of nitrogens with one attached hydrogen (secondary N) is 1. The maximum absolute atomic E-state index is 13.4. The zero-order valence-corrected chi connectivity index (χ0v) is 17.8. The van der Waals surface area contributed by atoms with E-state index in [0.29, 0.717) is 17.1 Å². The highest BCUT2D eigenvalue weighted by atomic mass is 35.5. The Morgan fingerprint density at radius 3 is 2.60 bits per heavy atom. The highest BCUT2D eigenvalue weighted by Gasteiger charge is 2.34. The SMILES string of the molecule is CCNC(=O)CSc1nnc(-c2cccc(Cl)c2)n1-c1ccc(Cl)c(C(F)(F)F)c1. The summed E-state index contributed by atoms with van der Waals surface area (Å²) in [6.07, 6.45) is -4.63. The standard InChI is InChI=1S/C19H15Cl2F3N4OS/c1-2-25-16(29)10-30-18-27-26-17(11-4-3-5-12(20)8-11)28(18)13-6-7-15(21)14(9-13)19(22,23)24/h3-9H,2,10H2,1H3,(H,25,29). The lowest BCUT2D eigenvalue weighted by atomic mass is 10.1. The third-order valence-corrected chi connectivity index (χ3v) is 5.43. The van der Waals surface area contributed by atoms with Crippen LogP contribution in [0.4, 0.5) is 13.2 Å². The van der Waals surface area contributed by atoms with Gasteiger partial charge >= 0.3 is 6.18 Å². The molecule has 0 saturated heterocycles. The minimum Gasteiger partial charge on any atom is -0.356 e. The Kier molecular flexibility index (Phi) is 6.95. The summed E-state index contributed by atoms with van der Waals surface area (Å²) in [5.41, 5.74) is -0.263. The number of alkyl halides is 3. The number of carbonyl (C=O) groups excluding carboxylic acids is 1. The number of aromatic nitrogens is 3. The first kappa shape index (κ1) is 22.5. The molecule has 0 unspecified atom stereocenters. The van der Waals surface area contributed by atoms with Gasteiger partial charge in [0.25, 0.3) is 0 Å². The fourth-order valence-corrected chi connectivity index (χ4v) is 3.86. The molecule has 11 heteroatoms. The highest BCUT2D eigenvalue weighted by molar-refractivity contribution is 7.99. The molecular formula is C19H15Cl2F3N4OS. The quantitative estimate of drug-likeness (QED) is 0.480. The van der Waals surface area contributed by atoms with E-state index in [0.717, 1.165) is 17.8 Å². The molecule has 1 N–H and O–H groups in total. The van der Waals surface area contributed by atoms with Crippen LogP contribution in [0.5, 0.6) is 0 Å². The molecular weight excluding hydrogens is 460 g/mol. The van der Waals surface area contributed by atoms with Crippen LogP contribution in [0.2, 0.25) is 10.0 Å². The normalized spacial score (nSPS) is 11.5. The van der Waals surface area contributed by atoms with Crippen LogP contribution >= 0.6 is 35.0 Å². The molecule has 0 bridgehead atoms. The molecule has 1 aromatic heterocycles. The molecule has 3 rings (SSSR count). The lowest BCUT2D eigenvalue weighted by Crippen LogP contribution is -2.24. The molecule has 3 aromatic rings. The van der Waals surface area contributed by atoms with Crippen LogP contribution in [0.3, 0.4) is 0 Å². The van der Waals surface area contributed by atoms with E-state index in [2.05, 4.69) is 15.5 Å². The number of nitrogens with zero attached hydrogens (tertiary/aromatic N) is 3. The molecule has 0 atom stereocenters. The molecule has 0 aliphatic carbocycles. The van der Waals surface area contributed by atoms with Crippen LogP contribution < -0.4 is 5.32 Å². The zero-order chi connectivity index (χ0) is 21.9. The Bertz CT molecular complexity index is 1070. The molecule has 2 aromatic carbocycles. The molecule has 0 radical (unpaired) electrons. The van der Waals surface area contributed by atoms with E-state index < -0.39 is 16.8 Å². The number of carbonyl (C=O) groups is 1. The van der Waals surface area contributed by atoms with Gasteiger partial charge < -0.3 is 5.32 Å². The first-order chi connectivity index (χ1) is 14.2. The van der Waals surface area contributed by atoms with E-state index in [9.17, 15) is 18.0 Å². The summed E-state index contributed by atoms with van der Waals surface area (Å²) in [5, 5.41) is 11.1. The second-order valence-corrected chi connectivity index (χ2v) is 7.84. The Labute approximate surface area is 184 Å². The molecule has 0 fully saturated rings. The van der Waals surface area contributed by atoms with E-state index in [1.807, 2.05) is 0 Å². The smallest absolute Gasteiger partial charge is 0.356 e. The first-order valence-electron chi connectivity index (χ1n) is 8.68. The molecule has 0 spiro atoms. The van der Waals surface area contributed by atoms with Crippen LogP contribution in [0.15, 0.2) is 47.6 Å². The van der Waals surface area contributed by atoms with Crippen LogP contribution in [0, 0.1) is 0 Å². The Morgan fingerprint density at radius 1 is 1.17 bits per heavy atom. The summed E-state index contributed by atoms with van der Waals surface area (Å²) in [6, 6.07) is 10.2. The predicted octanol–water partition coefficient (Wildman–Crippen LogP) is 5.49. The Hall–Kier alpha value is -2.23. The zero-order valence-electron chi connectivity index (χ0n) is 15.5. The summed E-state index contributed by atoms with van der Waals surface area (Å²) in [6.45, 7) is 2.25. The summed E-state index contributed by atoms with van der Waals surface area (Å²) >= 11 is 12.9. The maximum Gasteiger partial charge on any atom is 0.417 e. The van der Waals surface area contributed by atoms with Gasteiger partial charge in [-0.25, -0.2) is 0 Å². The fraction of sp³-hybridized carbons (Fsp3) is 0.211. The molecule has 158 valence electrons. The molecule has 1 amide bonds. The molecule has 0 aliphatic rings. The third kappa shape index (κ3) is 5.08. The van der Waals surface area contributed by atoms with Crippen LogP contribution in [-0.2, 0) is 11.0 Å². The maximum atomic E-state index is 13.4. The van der Waals surface area contributed by atoms with Gasteiger partial charge in [0.2, 0.25) is 5.91 Å². The minimum absolute atomic E-state index is 0.0290. The summed E-state index contributed by atoms with van der Waals surface area (Å²) < 4.78 is 41.6. The van der Waals surface area contributed by atoms with E-state index in [1.54, 1.807) is 31.2 Å². The van der Waals surface area contributed by atoms with Crippen molar-refractivity contribution >= 4 is 40.9 Å². The Balaban J connectivity index is 2.12. The largest absolute Gasteiger partial charge is 0.417 e. The second kappa shape index (κ2) is 9.28. The van der Waals surface area contributed by atoms with Gasteiger partial charge in [-0.2, -0.15) is 13.2 Å². The first-order valence-corrected chi connectivity index (χ1v) is 10.4. The van der Waals surface area contributed by atoms with E-state index in [-0.39, 0.29) is 28.3 Å². The van der Waals surface area contributed by atoms with Crippen molar-refractivity contribution in [1.82, 2.24) is 20.1 Å². The van der Waals surface area contributed by atoms with Crippen molar-refractivity contribution in [1.29, 1.82) is 0 Å². The van der Waals surface area contributed by atoms with Crippen molar-refractivity contribution in [2.24, 2.45) is 0 Å². The highest BCUT2D eigenvalue weighted by Crippen LogP contribution is 2.37. The van der Waals surface area contributed by atoms with Crippen LogP contribution in [-0.4, -0.2) is 33.0 Å². The van der Waals surface area contributed by atoms with Crippen molar-refractivity contribution in [3.63, 3.8) is 0 Å². The van der Waals surface area contributed by atoms with Crippen molar-refractivity contribution in [3.8, 4) is 17.1 Å². The molecule has 5 nitrogen and oxygen atoms in total. The van der Waals surface area contributed by atoms with Crippen molar-refractivity contribution in [2.45, 2.75) is 18.3 Å². The molecule has 30 heavy (non-hydrogen) atoms.